The predicted molar refractivity (Wildman–Crippen MR) is 65.4 cm³/mol. The lowest BCUT2D eigenvalue weighted by atomic mass is 10.2. The maximum Gasteiger partial charge on any atom is 0.246 e. The molecule has 86 valence electrons. The van der Waals surface area contributed by atoms with Crippen LogP contribution in [0.15, 0.2) is 0 Å². The van der Waals surface area contributed by atoms with Gasteiger partial charge in [0.15, 0.2) is 0 Å². The molecule has 0 bridgehead atoms. The first kappa shape index (κ1) is 14.5. The SMILES string of the molecule is CO[PH](=O)SCCN(C(C)C)C(C)C. The highest BCUT2D eigenvalue weighted by molar-refractivity contribution is 8.50. The average molecular weight is 239 g/mol. The molecule has 3 nitrogen and oxygen atoms in total. The van der Waals surface area contributed by atoms with Crippen molar-refractivity contribution in [3.8, 4) is 0 Å². The Morgan fingerprint density at radius 3 is 2.14 bits per heavy atom. The second kappa shape index (κ2) is 7.75. The van der Waals surface area contributed by atoms with Crippen molar-refractivity contribution >= 4 is 18.6 Å². The van der Waals surface area contributed by atoms with Gasteiger partial charge in [0.05, 0.1) is 0 Å². The summed E-state index contributed by atoms with van der Waals surface area (Å²) in [6.45, 7) is 9.71. The number of hydrogen-bond acceptors (Lipinski definition) is 4. The summed E-state index contributed by atoms with van der Waals surface area (Å²) in [5.41, 5.74) is 0. The second-order valence-corrected chi connectivity index (χ2v) is 7.20. The molecule has 14 heavy (non-hydrogen) atoms. The van der Waals surface area contributed by atoms with Crippen molar-refractivity contribution in [2.75, 3.05) is 19.4 Å². The fourth-order valence-electron chi connectivity index (χ4n) is 1.41. The molecule has 0 aliphatic carbocycles. The topological polar surface area (TPSA) is 29.5 Å². The van der Waals surface area contributed by atoms with Gasteiger partial charge in [0, 0.05) is 31.5 Å². The molecule has 5 heteroatoms. The van der Waals surface area contributed by atoms with Gasteiger partial charge in [0.25, 0.3) is 0 Å². The maximum absolute atomic E-state index is 11.0. The van der Waals surface area contributed by atoms with Crippen LogP contribution >= 0.6 is 18.6 Å². The quantitative estimate of drug-likeness (QED) is 0.639. The van der Waals surface area contributed by atoms with Gasteiger partial charge in [-0.3, -0.25) is 9.46 Å². The zero-order valence-electron chi connectivity index (χ0n) is 9.74. The van der Waals surface area contributed by atoms with Crippen LogP contribution < -0.4 is 0 Å². The summed E-state index contributed by atoms with van der Waals surface area (Å²) in [5.74, 6) is 0.877. The smallest absolute Gasteiger partial charge is 0.246 e. The Morgan fingerprint density at radius 1 is 1.29 bits per heavy atom. The molecule has 0 fully saturated rings. The Kier molecular flexibility index (Phi) is 8.02. The van der Waals surface area contributed by atoms with E-state index in [0.29, 0.717) is 12.1 Å². The van der Waals surface area contributed by atoms with Gasteiger partial charge >= 0.3 is 0 Å². The number of rotatable bonds is 7. The molecule has 0 saturated carbocycles. The molecule has 0 spiro atoms. The monoisotopic (exact) mass is 239 g/mol. The standard InChI is InChI=1S/C9H22NO2PS/c1-8(2)10(9(3)4)6-7-14-13(11)12-5/h8-9,13H,6-7H2,1-5H3. The molecule has 1 unspecified atom stereocenters. The van der Waals surface area contributed by atoms with E-state index in [1.807, 2.05) is 0 Å². The lowest BCUT2D eigenvalue weighted by molar-refractivity contribution is 0.187. The van der Waals surface area contributed by atoms with Crippen molar-refractivity contribution in [2.45, 2.75) is 39.8 Å². The highest BCUT2D eigenvalue weighted by Gasteiger charge is 2.12. The molecular formula is C9H22NO2PS. The molecule has 0 aromatic rings. The molecule has 0 rings (SSSR count). The van der Waals surface area contributed by atoms with Crippen LogP contribution in [0.1, 0.15) is 27.7 Å². The van der Waals surface area contributed by atoms with Crippen LogP contribution in [0.2, 0.25) is 0 Å². The molecule has 0 saturated heterocycles. The van der Waals surface area contributed by atoms with Crippen molar-refractivity contribution in [3.05, 3.63) is 0 Å². The summed E-state index contributed by atoms with van der Waals surface area (Å²) in [6.07, 6.45) is 0. The third-order valence-corrected chi connectivity index (χ3v) is 4.84. The lowest BCUT2D eigenvalue weighted by Crippen LogP contribution is -2.38. The van der Waals surface area contributed by atoms with Gasteiger partial charge < -0.3 is 4.52 Å². The van der Waals surface area contributed by atoms with E-state index in [4.69, 9.17) is 4.52 Å². The molecule has 0 N–H and O–H groups in total. The van der Waals surface area contributed by atoms with Gasteiger partial charge in [0.1, 0.15) is 0 Å². The van der Waals surface area contributed by atoms with Gasteiger partial charge in [-0.15, -0.1) is 0 Å². The highest BCUT2D eigenvalue weighted by atomic mass is 32.7. The van der Waals surface area contributed by atoms with Crippen LogP contribution in [0.4, 0.5) is 0 Å². The number of hydrogen-bond donors (Lipinski definition) is 0. The molecule has 0 amide bonds. The fourth-order valence-corrected chi connectivity index (χ4v) is 3.12. The molecule has 1 atom stereocenters. The predicted octanol–water partition coefficient (Wildman–Crippen LogP) is 2.87. The molecular weight excluding hydrogens is 217 g/mol. The summed E-state index contributed by atoms with van der Waals surface area (Å²) in [4.78, 5) is 2.39. The minimum absolute atomic E-state index is 0.542. The van der Waals surface area contributed by atoms with Crippen molar-refractivity contribution in [3.63, 3.8) is 0 Å². The van der Waals surface area contributed by atoms with Gasteiger partial charge in [-0.25, -0.2) is 0 Å². The summed E-state index contributed by atoms with van der Waals surface area (Å²) in [7, 11) is -0.338. The Hall–Kier alpha value is 0.500. The van der Waals surface area contributed by atoms with E-state index in [1.54, 1.807) is 0 Å². The first-order chi connectivity index (χ1) is 6.49. The van der Waals surface area contributed by atoms with Crippen molar-refractivity contribution in [1.82, 2.24) is 4.90 Å². The van der Waals surface area contributed by atoms with E-state index in [9.17, 15) is 4.57 Å². The molecule has 0 radical (unpaired) electrons. The van der Waals surface area contributed by atoms with Gasteiger partial charge in [-0.2, -0.15) is 0 Å². The third kappa shape index (κ3) is 6.07. The maximum atomic E-state index is 11.0. The first-order valence-corrected chi connectivity index (χ1v) is 7.98. The minimum Gasteiger partial charge on any atom is -0.326 e. The Morgan fingerprint density at radius 2 is 1.79 bits per heavy atom. The molecule has 0 aliphatic rings. The van der Waals surface area contributed by atoms with Crippen LogP contribution in [-0.4, -0.2) is 36.4 Å². The summed E-state index contributed by atoms with van der Waals surface area (Å²) < 4.78 is 15.8. The largest absolute Gasteiger partial charge is 0.326 e. The van der Waals surface area contributed by atoms with Crippen LogP contribution in [-0.2, 0) is 9.09 Å². The zero-order valence-corrected chi connectivity index (χ0v) is 11.6. The molecule has 0 heterocycles. The Bertz CT molecular complexity index is 168. The minimum atomic E-state index is -1.84. The van der Waals surface area contributed by atoms with Crippen LogP contribution in [0.5, 0.6) is 0 Å². The number of nitrogens with zero attached hydrogens (tertiary/aromatic N) is 1. The van der Waals surface area contributed by atoms with Gasteiger partial charge in [-0.1, -0.05) is 11.4 Å². The summed E-state index contributed by atoms with van der Waals surface area (Å²) >= 11 is 1.42. The Balaban J connectivity index is 3.78. The molecule has 0 aromatic carbocycles. The first-order valence-electron chi connectivity index (χ1n) is 4.95. The normalized spacial score (nSPS) is 14.3. The van der Waals surface area contributed by atoms with E-state index in [-0.39, 0.29) is 0 Å². The Labute approximate surface area is 92.2 Å². The fraction of sp³-hybridized carbons (Fsp3) is 1.00. The van der Waals surface area contributed by atoms with Gasteiger partial charge in [0.2, 0.25) is 7.23 Å². The van der Waals surface area contributed by atoms with E-state index < -0.39 is 7.23 Å². The lowest BCUT2D eigenvalue weighted by Gasteiger charge is -2.30. The van der Waals surface area contributed by atoms with Crippen LogP contribution in [0.3, 0.4) is 0 Å². The summed E-state index contributed by atoms with van der Waals surface area (Å²) in [5, 5.41) is 0. The van der Waals surface area contributed by atoms with Crippen molar-refractivity contribution < 1.29 is 9.09 Å². The van der Waals surface area contributed by atoms with E-state index in [1.165, 1.54) is 18.5 Å². The van der Waals surface area contributed by atoms with Crippen molar-refractivity contribution in [1.29, 1.82) is 0 Å². The second-order valence-electron chi connectivity index (χ2n) is 3.73. The van der Waals surface area contributed by atoms with E-state index in [0.717, 1.165) is 12.3 Å². The highest BCUT2D eigenvalue weighted by Crippen LogP contribution is 2.37. The molecule has 0 aliphatic heterocycles. The van der Waals surface area contributed by atoms with Crippen molar-refractivity contribution in [2.24, 2.45) is 0 Å². The van der Waals surface area contributed by atoms with Crippen LogP contribution in [0, 0.1) is 0 Å². The summed E-state index contributed by atoms with van der Waals surface area (Å²) in [6, 6.07) is 1.08. The van der Waals surface area contributed by atoms with E-state index in [2.05, 4.69) is 32.6 Å². The zero-order chi connectivity index (χ0) is 11.1. The third-order valence-electron chi connectivity index (χ3n) is 2.06. The molecule has 0 aromatic heterocycles. The van der Waals surface area contributed by atoms with Gasteiger partial charge in [-0.05, 0) is 27.7 Å². The van der Waals surface area contributed by atoms with E-state index >= 15 is 0 Å². The average Bonchev–Trinajstić information content (AvgIpc) is 2.10. The van der Waals surface area contributed by atoms with Crippen LogP contribution in [0.25, 0.3) is 0 Å².